The highest BCUT2D eigenvalue weighted by atomic mass is 32.1. The summed E-state index contributed by atoms with van der Waals surface area (Å²) in [6.07, 6.45) is -7.89. The average Bonchev–Trinajstić information content (AvgIpc) is 3.32. The summed E-state index contributed by atoms with van der Waals surface area (Å²) in [5.74, 6) is -0.790. The molecule has 2 aromatic heterocycles. The van der Waals surface area contributed by atoms with Crippen molar-refractivity contribution in [3.63, 3.8) is 0 Å². The van der Waals surface area contributed by atoms with E-state index < -0.39 is 41.4 Å². The van der Waals surface area contributed by atoms with Crippen molar-refractivity contribution in [3.8, 4) is 5.13 Å². The Morgan fingerprint density at radius 3 is 2.28 bits per heavy atom. The van der Waals surface area contributed by atoms with Crippen molar-refractivity contribution in [3.05, 3.63) is 71.5 Å². The van der Waals surface area contributed by atoms with E-state index in [0.29, 0.717) is 17.3 Å². The van der Waals surface area contributed by atoms with Gasteiger partial charge in [-0.3, -0.25) is 4.79 Å². The molecule has 2 heterocycles. The zero-order valence-corrected chi connectivity index (χ0v) is 16.6. The molecule has 12 heteroatoms. The minimum absolute atomic E-state index is 0.0173. The molecule has 1 amide bonds. The van der Waals surface area contributed by atoms with Gasteiger partial charge in [-0.1, -0.05) is 23.5 Å². The lowest BCUT2D eigenvalue weighted by atomic mass is 10.0. The fraction of sp³-hybridized carbons (Fsp3) is 0.150. The van der Waals surface area contributed by atoms with Gasteiger partial charge in [0.2, 0.25) is 11.0 Å². The smallest absolute Gasteiger partial charge is 0.323 e. The van der Waals surface area contributed by atoms with Gasteiger partial charge in [0.25, 0.3) is 0 Å². The third-order valence-electron chi connectivity index (χ3n) is 4.36. The van der Waals surface area contributed by atoms with Crippen LogP contribution in [0.25, 0.3) is 15.3 Å². The van der Waals surface area contributed by atoms with Gasteiger partial charge in [-0.25, -0.2) is 9.67 Å². The van der Waals surface area contributed by atoms with E-state index >= 15 is 0 Å². The van der Waals surface area contributed by atoms with Crippen molar-refractivity contribution in [2.75, 3.05) is 5.32 Å². The van der Waals surface area contributed by atoms with E-state index in [-0.39, 0.29) is 11.8 Å². The molecule has 0 bridgehead atoms. The molecule has 0 spiro atoms. The number of alkyl halides is 6. The van der Waals surface area contributed by atoms with Crippen LogP contribution in [0.15, 0.2) is 54.9 Å². The molecule has 4 aromatic rings. The summed E-state index contributed by atoms with van der Waals surface area (Å²) in [6, 6.07) is 8.47. The number of benzene rings is 2. The number of halogens is 6. The zero-order chi connectivity index (χ0) is 23.1. The molecule has 5 nitrogen and oxygen atoms in total. The third-order valence-corrected chi connectivity index (χ3v) is 5.38. The van der Waals surface area contributed by atoms with Gasteiger partial charge in [-0.2, -0.15) is 31.4 Å². The molecule has 1 N–H and O–H groups in total. The molecule has 0 aliphatic rings. The molecule has 0 fully saturated rings. The lowest BCUT2D eigenvalue weighted by molar-refractivity contribution is -0.143. The minimum Gasteiger partial charge on any atom is -0.323 e. The van der Waals surface area contributed by atoms with Crippen LogP contribution in [0.1, 0.15) is 16.7 Å². The van der Waals surface area contributed by atoms with Crippen molar-refractivity contribution in [1.82, 2.24) is 14.8 Å². The minimum atomic E-state index is -4.98. The maximum absolute atomic E-state index is 13.0. The number of thiazole rings is 1. The largest absolute Gasteiger partial charge is 0.416 e. The Bertz CT molecular complexity index is 1230. The number of nitrogens with one attached hydrogen (secondary N) is 1. The highest BCUT2D eigenvalue weighted by Gasteiger charge is 2.37. The summed E-state index contributed by atoms with van der Waals surface area (Å²) >= 11 is 1.36. The van der Waals surface area contributed by atoms with Crippen LogP contribution in [-0.2, 0) is 23.6 Å². The number of para-hydroxylation sites is 1. The highest BCUT2D eigenvalue weighted by Crippen LogP contribution is 2.36. The van der Waals surface area contributed by atoms with E-state index in [1.165, 1.54) is 28.4 Å². The fourth-order valence-electron chi connectivity index (χ4n) is 2.96. The number of rotatable bonds is 4. The van der Waals surface area contributed by atoms with E-state index in [9.17, 15) is 31.1 Å². The Hall–Kier alpha value is -3.41. The maximum Gasteiger partial charge on any atom is 0.416 e. The second-order valence-corrected chi connectivity index (χ2v) is 7.79. The highest BCUT2D eigenvalue weighted by molar-refractivity contribution is 7.20. The van der Waals surface area contributed by atoms with Gasteiger partial charge in [-0.15, -0.1) is 0 Å². The molecular formula is C20H12F6N4OS. The van der Waals surface area contributed by atoms with E-state index in [1.54, 1.807) is 0 Å². The summed E-state index contributed by atoms with van der Waals surface area (Å²) in [5, 5.41) is 7.04. The van der Waals surface area contributed by atoms with Gasteiger partial charge >= 0.3 is 12.4 Å². The molecule has 0 radical (unpaired) electrons. The number of fused-ring (bicyclic) bond motifs is 1. The van der Waals surface area contributed by atoms with Crippen molar-refractivity contribution in [1.29, 1.82) is 0 Å². The Kier molecular flexibility index (Phi) is 5.41. The second kappa shape index (κ2) is 7.93. The average molecular weight is 470 g/mol. The second-order valence-electron chi connectivity index (χ2n) is 6.78. The van der Waals surface area contributed by atoms with Crippen LogP contribution in [0, 0.1) is 0 Å². The van der Waals surface area contributed by atoms with E-state index in [2.05, 4.69) is 15.4 Å². The number of nitrogens with zero attached hydrogens (tertiary/aromatic N) is 3. The van der Waals surface area contributed by atoms with Crippen LogP contribution < -0.4 is 5.32 Å². The number of carbonyl (C=O) groups excluding carboxylic acids is 1. The Balaban J connectivity index is 1.52. The Morgan fingerprint density at radius 1 is 1.00 bits per heavy atom. The molecule has 166 valence electrons. The Morgan fingerprint density at radius 2 is 1.66 bits per heavy atom. The predicted molar refractivity (Wildman–Crippen MR) is 106 cm³/mol. The molecule has 0 aliphatic carbocycles. The first kappa shape index (κ1) is 21.8. The quantitative estimate of drug-likeness (QED) is 0.389. The molecule has 2 aromatic carbocycles. The summed E-state index contributed by atoms with van der Waals surface area (Å²) in [4.78, 5) is 16.7. The van der Waals surface area contributed by atoms with Crippen LogP contribution >= 0.6 is 11.3 Å². The van der Waals surface area contributed by atoms with E-state index in [4.69, 9.17) is 0 Å². The number of aromatic nitrogens is 3. The molecular weight excluding hydrogens is 458 g/mol. The topological polar surface area (TPSA) is 59.8 Å². The summed E-state index contributed by atoms with van der Waals surface area (Å²) in [7, 11) is 0. The molecule has 0 saturated carbocycles. The van der Waals surface area contributed by atoms with Gasteiger partial charge in [0, 0.05) is 0 Å². The zero-order valence-electron chi connectivity index (χ0n) is 15.8. The first-order valence-electron chi connectivity index (χ1n) is 8.98. The molecule has 0 unspecified atom stereocenters. The SMILES string of the molecule is O=C(Cc1cc(C(F)(F)F)cc(C(F)(F)F)c1)Nc1cnn(-c2nc3ccccc3s2)c1. The van der Waals surface area contributed by atoms with Crippen molar-refractivity contribution < 1.29 is 31.1 Å². The van der Waals surface area contributed by atoms with Gasteiger partial charge in [0.1, 0.15) is 0 Å². The standard InChI is InChI=1S/C20H12F6N4OS/c21-19(22,23)12-5-11(6-13(8-12)20(24,25)26)7-17(31)28-14-9-27-30(10-14)18-29-15-3-1-2-4-16(15)32-18/h1-6,8-10H,7H2,(H,28,31). The van der Waals surface area contributed by atoms with E-state index in [0.717, 1.165) is 10.2 Å². The lowest BCUT2D eigenvalue weighted by Gasteiger charge is -2.14. The van der Waals surface area contributed by atoms with Crippen LogP contribution in [0.4, 0.5) is 32.0 Å². The number of carbonyl (C=O) groups is 1. The molecule has 0 aliphatic heterocycles. The van der Waals surface area contributed by atoms with Crippen molar-refractivity contribution >= 4 is 33.1 Å². The van der Waals surface area contributed by atoms with Crippen molar-refractivity contribution in [2.24, 2.45) is 0 Å². The number of amides is 1. The van der Waals surface area contributed by atoms with Crippen LogP contribution in [0.5, 0.6) is 0 Å². The molecule has 4 rings (SSSR count). The fourth-order valence-corrected chi connectivity index (χ4v) is 3.86. The van der Waals surface area contributed by atoms with Crippen LogP contribution in [0.2, 0.25) is 0 Å². The van der Waals surface area contributed by atoms with Gasteiger partial charge in [-0.05, 0) is 35.9 Å². The molecule has 0 saturated heterocycles. The summed E-state index contributed by atoms with van der Waals surface area (Å²) in [6.45, 7) is 0. The van der Waals surface area contributed by atoms with Crippen molar-refractivity contribution in [2.45, 2.75) is 18.8 Å². The van der Waals surface area contributed by atoms with Crippen LogP contribution in [0.3, 0.4) is 0 Å². The first-order valence-corrected chi connectivity index (χ1v) is 9.79. The molecule has 32 heavy (non-hydrogen) atoms. The molecule has 0 atom stereocenters. The number of hydrogen-bond acceptors (Lipinski definition) is 4. The first-order chi connectivity index (χ1) is 15.0. The van der Waals surface area contributed by atoms with Gasteiger partial charge in [0.05, 0.1) is 45.8 Å². The van der Waals surface area contributed by atoms with Crippen LogP contribution in [-0.4, -0.2) is 20.7 Å². The monoisotopic (exact) mass is 470 g/mol. The third kappa shape index (κ3) is 4.74. The predicted octanol–water partition coefficient (Wildman–Crippen LogP) is 5.70. The summed E-state index contributed by atoms with van der Waals surface area (Å²) < 4.78 is 80.2. The lowest BCUT2D eigenvalue weighted by Crippen LogP contribution is -2.16. The van der Waals surface area contributed by atoms with Gasteiger partial charge in [0.15, 0.2) is 0 Å². The maximum atomic E-state index is 13.0. The van der Waals surface area contributed by atoms with E-state index in [1.807, 2.05) is 24.3 Å². The normalized spacial score (nSPS) is 12.3. The number of hydrogen-bond donors (Lipinski definition) is 1. The number of anilines is 1. The Labute approximate surface area is 180 Å². The van der Waals surface area contributed by atoms with Gasteiger partial charge < -0.3 is 5.32 Å². The summed E-state index contributed by atoms with van der Waals surface area (Å²) in [5.41, 5.74) is -2.38.